The molecule has 0 aliphatic carbocycles. The lowest BCUT2D eigenvalue weighted by Crippen LogP contribution is -2.31. The fraction of sp³-hybridized carbons (Fsp3) is 0.444. The zero-order valence-electron chi connectivity index (χ0n) is 8.42. The van der Waals surface area contributed by atoms with E-state index in [1.165, 1.54) is 18.3 Å². The van der Waals surface area contributed by atoms with E-state index in [1.807, 2.05) is 0 Å². The van der Waals surface area contributed by atoms with Crippen molar-refractivity contribution in [2.45, 2.75) is 12.7 Å². The first-order chi connectivity index (χ1) is 7.44. The van der Waals surface area contributed by atoms with Gasteiger partial charge in [0.05, 0.1) is 0 Å². The molecule has 1 heterocycles. The van der Waals surface area contributed by atoms with E-state index in [0.29, 0.717) is 0 Å². The number of carbonyl (C=O) groups is 1. The summed E-state index contributed by atoms with van der Waals surface area (Å²) in [5, 5.41) is 2.41. The summed E-state index contributed by atoms with van der Waals surface area (Å²) in [5.41, 5.74) is 5.15. The lowest BCUT2D eigenvalue weighted by atomic mass is 10.4. The van der Waals surface area contributed by atoms with Gasteiger partial charge in [0.25, 0.3) is 5.91 Å². The smallest absolute Gasteiger partial charge is 0.349 e. The van der Waals surface area contributed by atoms with Crippen LogP contribution in [0.25, 0.3) is 0 Å². The van der Waals surface area contributed by atoms with Crippen LogP contribution in [0.1, 0.15) is 10.5 Å². The Labute approximate surface area is 90.2 Å². The third-order valence-corrected chi connectivity index (χ3v) is 1.84. The van der Waals surface area contributed by atoms with Gasteiger partial charge in [0.2, 0.25) is 0 Å². The van der Waals surface area contributed by atoms with Gasteiger partial charge in [-0.25, -0.2) is 0 Å². The molecule has 0 bridgehead atoms. The normalized spacial score (nSPS) is 11.5. The molecule has 16 heavy (non-hydrogen) atoms. The van der Waals surface area contributed by atoms with Crippen LogP contribution in [0.3, 0.4) is 0 Å². The van der Waals surface area contributed by atoms with E-state index in [9.17, 15) is 18.0 Å². The van der Waals surface area contributed by atoms with Crippen LogP contribution in [-0.4, -0.2) is 29.7 Å². The molecule has 0 aliphatic heterocycles. The van der Waals surface area contributed by atoms with E-state index >= 15 is 0 Å². The minimum Gasteiger partial charge on any atom is -0.349 e. The fourth-order valence-corrected chi connectivity index (χ4v) is 1.23. The maximum Gasteiger partial charge on any atom is 0.406 e. The van der Waals surface area contributed by atoms with E-state index in [-0.39, 0.29) is 18.8 Å². The van der Waals surface area contributed by atoms with Gasteiger partial charge in [-0.15, -0.1) is 0 Å². The summed E-state index contributed by atoms with van der Waals surface area (Å²) in [5.74, 6) is -0.556. The minimum atomic E-state index is -4.35. The Balaban J connectivity index is 2.74. The lowest BCUT2D eigenvalue weighted by molar-refractivity contribution is -0.140. The number of halogens is 3. The topological polar surface area (TPSA) is 60.0 Å². The molecule has 4 nitrogen and oxygen atoms in total. The number of hydrogen-bond donors (Lipinski definition) is 2. The molecule has 0 unspecified atom stereocenters. The average molecular weight is 235 g/mol. The van der Waals surface area contributed by atoms with Crippen molar-refractivity contribution in [2.75, 3.05) is 13.1 Å². The molecule has 0 aliphatic rings. The van der Waals surface area contributed by atoms with Crippen LogP contribution in [0.4, 0.5) is 13.2 Å². The molecule has 0 atom stereocenters. The second kappa shape index (κ2) is 5.02. The van der Waals surface area contributed by atoms with Crippen LogP contribution in [-0.2, 0) is 6.54 Å². The highest BCUT2D eigenvalue weighted by atomic mass is 19.4. The summed E-state index contributed by atoms with van der Waals surface area (Å²) in [6, 6.07) is 2.72. The van der Waals surface area contributed by atoms with Gasteiger partial charge in [-0.3, -0.25) is 4.79 Å². The summed E-state index contributed by atoms with van der Waals surface area (Å²) >= 11 is 0. The molecule has 0 saturated carbocycles. The third-order valence-electron chi connectivity index (χ3n) is 1.84. The number of nitrogens with two attached hydrogens (primary N) is 1. The van der Waals surface area contributed by atoms with Crippen LogP contribution in [0, 0.1) is 0 Å². The molecular formula is C9H12F3N3O. The quantitative estimate of drug-likeness (QED) is 0.808. The van der Waals surface area contributed by atoms with Gasteiger partial charge in [0.1, 0.15) is 12.2 Å². The molecule has 0 saturated heterocycles. The van der Waals surface area contributed by atoms with E-state index in [2.05, 4.69) is 5.32 Å². The Hall–Kier alpha value is -1.50. The highest BCUT2D eigenvalue weighted by molar-refractivity contribution is 5.92. The van der Waals surface area contributed by atoms with Crippen molar-refractivity contribution in [3.63, 3.8) is 0 Å². The Bertz CT molecular complexity index is 359. The van der Waals surface area contributed by atoms with Gasteiger partial charge in [0.15, 0.2) is 0 Å². The molecule has 1 rings (SSSR count). The van der Waals surface area contributed by atoms with Crippen molar-refractivity contribution in [1.82, 2.24) is 9.88 Å². The SMILES string of the molecule is NCCNC(=O)c1cccn1CC(F)(F)F. The van der Waals surface area contributed by atoms with Gasteiger partial charge in [-0.1, -0.05) is 0 Å². The molecule has 1 aromatic rings. The van der Waals surface area contributed by atoms with E-state index < -0.39 is 18.6 Å². The van der Waals surface area contributed by atoms with Crippen molar-refractivity contribution in [3.05, 3.63) is 24.0 Å². The van der Waals surface area contributed by atoms with Gasteiger partial charge in [-0.2, -0.15) is 13.2 Å². The number of rotatable bonds is 4. The lowest BCUT2D eigenvalue weighted by Gasteiger charge is -2.11. The van der Waals surface area contributed by atoms with Crippen LogP contribution in [0.2, 0.25) is 0 Å². The monoisotopic (exact) mass is 235 g/mol. The van der Waals surface area contributed by atoms with Gasteiger partial charge in [0, 0.05) is 19.3 Å². The van der Waals surface area contributed by atoms with E-state index in [0.717, 1.165) is 4.57 Å². The minimum absolute atomic E-state index is 0.0224. The third kappa shape index (κ3) is 3.58. The van der Waals surface area contributed by atoms with Crippen LogP contribution >= 0.6 is 0 Å². The van der Waals surface area contributed by atoms with Crippen molar-refractivity contribution < 1.29 is 18.0 Å². The number of nitrogens with one attached hydrogen (secondary N) is 1. The van der Waals surface area contributed by atoms with Gasteiger partial charge in [-0.05, 0) is 12.1 Å². The first-order valence-corrected chi connectivity index (χ1v) is 4.64. The molecule has 0 fully saturated rings. The maximum absolute atomic E-state index is 12.1. The van der Waals surface area contributed by atoms with E-state index in [4.69, 9.17) is 5.73 Å². The zero-order chi connectivity index (χ0) is 12.2. The maximum atomic E-state index is 12.1. The Morgan fingerprint density at radius 2 is 2.19 bits per heavy atom. The van der Waals surface area contributed by atoms with Crippen molar-refractivity contribution >= 4 is 5.91 Å². The number of nitrogens with zero attached hydrogens (tertiary/aromatic N) is 1. The molecule has 1 aromatic heterocycles. The highest BCUT2D eigenvalue weighted by Gasteiger charge is 2.29. The Morgan fingerprint density at radius 1 is 1.50 bits per heavy atom. The van der Waals surface area contributed by atoms with Crippen LogP contribution in [0.5, 0.6) is 0 Å². The van der Waals surface area contributed by atoms with Gasteiger partial charge >= 0.3 is 6.18 Å². The predicted octanol–water partition coefficient (Wildman–Crippen LogP) is 0.739. The average Bonchev–Trinajstić information content (AvgIpc) is 2.59. The summed E-state index contributed by atoms with van der Waals surface area (Å²) in [6.45, 7) is -0.701. The number of hydrogen-bond acceptors (Lipinski definition) is 2. The van der Waals surface area contributed by atoms with Gasteiger partial charge < -0.3 is 15.6 Å². The molecular weight excluding hydrogens is 223 g/mol. The summed E-state index contributed by atoms with van der Waals surface area (Å²) in [6.07, 6.45) is -3.13. The van der Waals surface area contributed by atoms with Crippen LogP contribution in [0.15, 0.2) is 18.3 Å². The molecule has 1 amide bonds. The molecule has 7 heteroatoms. The second-order valence-electron chi connectivity index (χ2n) is 3.18. The van der Waals surface area contributed by atoms with Crippen molar-refractivity contribution in [3.8, 4) is 0 Å². The van der Waals surface area contributed by atoms with Crippen molar-refractivity contribution in [1.29, 1.82) is 0 Å². The fourth-order valence-electron chi connectivity index (χ4n) is 1.23. The summed E-state index contributed by atoms with van der Waals surface area (Å²) < 4.78 is 37.3. The number of alkyl halides is 3. The first kappa shape index (κ1) is 12.6. The molecule has 0 aromatic carbocycles. The Morgan fingerprint density at radius 3 is 2.75 bits per heavy atom. The molecule has 3 N–H and O–H groups in total. The van der Waals surface area contributed by atoms with Crippen LogP contribution < -0.4 is 11.1 Å². The van der Waals surface area contributed by atoms with E-state index in [1.54, 1.807) is 0 Å². The molecule has 0 spiro atoms. The standard InChI is InChI=1S/C9H12F3N3O/c10-9(11,12)6-15-5-1-2-7(15)8(16)14-4-3-13/h1-2,5H,3-4,6,13H2,(H,14,16). The first-order valence-electron chi connectivity index (χ1n) is 4.64. The largest absolute Gasteiger partial charge is 0.406 e. The van der Waals surface area contributed by atoms with Crippen molar-refractivity contribution in [2.24, 2.45) is 5.73 Å². The summed E-state index contributed by atoms with van der Waals surface area (Å²) in [7, 11) is 0. The number of aromatic nitrogens is 1. The predicted molar refractivity (Wildman–Crippen MR) is 51.9 cm³/mol. The zero-order valence-corrected chi connectivity index (χ0v) is 8.42. The summed E-state index contributed by atoms with van der Waals surface area (Å²) in [4.78, 5) is 11.4. The molecule has 0 radical (unpaired) electrons. The molecule has 90 valence electrons. The number of amides is 1. The number of carbonyl (C=O) groups excluding carboxylic acids is 1. The second-order valence-corrected chi connectivity index (χ2v) is 3.18. The highest BCUT2D eigenvalue weighted by Crippen LogP contribution is 2.18. The Kier molecular flexibility index (Phi) is 3.94.